The van der Waals surface area contributed by atoms with Gasteiger partial charge in [0.1, 0.15) is 54.1 Å². The summed E-state index contributed by atoms with van der Waals surface area (Å²) in [6, 6.07) is 2.24. The summed E-state index contributed by atoms with van der Waals surface area (Å²) in [6.07, 6.45) is 6.11. The van der Waals surface area contributed by atoms with Gasteiger partial charge in [-0.05, 0) is 119 Å². The van der Waals surface area contributed by atoms with Crippen molar-refractivity contribution < 1.29 is 63.0 Å². The van der Waals surface area contributed by atoms with Crippen molar-refractivity contribution in [1.82, 2.24) is 62.8 Å². The van der Waals surface area contributed by atoms with E-state index in [1.807, 2.05) is 6.07 Å². The zero-order valence-electron chi connectivity index (χ0n) is 49.4. The predicted molar refractivity (Wildman–Crippen MR) is 320 cm³/mol. The van der Waals surface area contributed by atoms with Crippen molar-refractivity contribution in [3.05, 3.63) is 84.1 Å². The van der Waals surface area contributed by atoms with Crippen molar-refractivity contribution in [2.24, 2.45) is 28.9 Å². The topological polar surface area (TPSA) is 485 Å². The molecular weight excluding hydrogens is 1130 g/mol. The molecule has 0 bridgehead atoms. The maximum Gasteiger partial charge on any atom is 0.305 e. The number of fused-ring (bicyclic) bond motifs is 1. The first-order valence-corrected chi connectivity index (χ1v) is 29.1. The lowest BCUT2D eigenvalue weighted by atomic mass is 9.99. The molecule has 21 N–H and O–H groups in total. The van der Waals surface area contributed by atoms with E-state index in [1.165, 1.54) is 31.6 Å². The number of rotatable bonds is 40. The van der Waals surface area contributed by atoms with Gasteiger partial charge in [0.15, 0.2) is 0 Å². The molecule has 29 nitrogen and oxygen atoms in total. The number of hydrogen-bond donors (Lipinski definition) is 17. The normalized spacial score (nSPS) is 13.9. The zero-order chi connectivity index (χ0) is 64.0. The lowest BCUT2D eigenvalue weighted by Crippen LogP contribution is -2.60. The lowest BCUT2D eigenvalue weighted by molar-refractivity contribution is -0.141. The first-order chi connectivity index (χ1) is 41.5. The molecule has 0 saturated heterocycles. The van der Waals surface area contributed by atoms with Gasteiger partial charge >= 0.3 is 5.97 Å². The van der Waals surface area contributed by atoms with Gasteiger partial charge in [0.25, 0.3) is 0 Å². The molecule has 2 heterocycles. The minimum Gasteiger partial charge on any atom is -0.508 e. The van der Waals surface area contributed by atoms with Crippen LogP contribution in [0.4, 0.5) is 0 Å². The molecule has 4 rings (SSSR count). The van der Waals surface area contributed by atoms with E-state index >= 15 is 0 Å². The number of hydrogen-bond acceptors (Lipinski definition) is 16. The Labute approximate surface area is 504 Å². The predicted octanol–water partition coefficient (Wildman–Crippen LogP) is -1.97. The van der Waals surface area contributed by atoms with Crippen molar-refractivity contribution in [3.63, 3.8) is 0 Å². The first kappa shape index (κ1) is 70.5. The molecule has 0 fully saturated rings. The molecule has 0 radical (unpaired) electrons. The number of carbonyl (C=O) groups is 11. The van der Waals surface area contributed by atoms with E-state index in [0.717, 1.165) is 0 Å². The van der Waals surface area contributed by atoms with Crippen LogP contribution in [0, 0.1) is 5.92 Å². The van der Waals surface area contributed by atoms with E-state index in [2.05, 4.69) is 62.8 Å². The number of nitrogens with two attached hydrogens (primary N) is 4. The molecule has 0 aliphatic rings. The summed E-state index contributed by atoms with van der Waals surface area (Å²) in [5.74, 6) is -10.1. The van der Waals surface area contributed by atoms with E-state index < -0.39 is 126 Å². The maximum atomic E-state index is 14.8. The van der Waals surface area contributed by atoms with Gasteiger partial charge in [-0.2, -0.15) is 0 Å². The van der Waals surface area contributed by atoms with Crippen LogP contribution in [0.3, 0.4) is 0 Å². The fourth-order valence-electron chi connectivity index (χ4n) is 9.43. The number of para-hydroxylation sites is 1. The number of amides is 10. The molecule has 29 heteroatoms. The van der Waals surface area contributed by atoms with Crippen molar-refractivity contribution in [2.45, 2.75) is 159 Å². The highest BCUT2D eigenvalue weighted by atomic mass is 16.4. The quantitative estimate of drug-likeness (QED) is 0.0215. The summed E-state index contributed by atoms with van der Waals surface area (Å²) < 4.78 is 0. The number of aliphatic carboxylic acids is 1. The Bertz CT molecular complexity index is 2920. The summed E-state index contributed by atoms with van der Waals surface area (Å²) in [4.78, 5) is 159. The van der Waals surface area contributed by atoms with Crippen LogP contribution in [0.2, 0.25) is 0 Å². The van der Waals surface area contributed by atoms with Crippen LogP contribution in [0.1, 0.15) is 108 Å². The van der Waals surface area contributed by atoms with Gasteiger partial charge in [-0.15, -0.1) is 0 Å². The number of unbranched alkanes of at least 4 members (excludes halogenated alkanes) is 3. The number of aromatic amines is 2. The van der Waals surface area contributed by atoms with Gasteiger partial charge in [0.2, 0.25) is 59.1 Å². The molecule has 0 aliphatic carbocycles. The third-order valence-electron chi connectivity index (χ3n) is 14.0. The Morgan fingerprint density at radius 3 is 1.57 bits per heavy atom. The van der Waals surface area contributed by atoms with Gasteiger partial charge in [0.05, 0.1) is 25.0 Å². The van der Waals surface area contributed by atoms with Crippen LogP contribution in [0.15, 0.2) is 67.3 Å². The van der Waals surface area contributed by atoms with E-state index in [1.54, 1.807) is 50.4 Å². The third-order valence-corrected chi connectivity index (χ3v) is 14.0. The van der Waals surface area contributed by atoms with Crippen LogP contribution in [0.25, 0.3) is 10.9 Å². The van der Waals surface area contributed by atoms with E-state index in [9.17, 15) is 63.0 Å². The van der Waals surface area contributed by atoms with Crippen molar-refractivity contribution in [1.29, 1.82) is 0 Å². The molecule has 0 aliphatic heterocycles. The fraction of sp³-hybridized carbons (Fsp3) is 0.517. The molecule has 0 saturated carbocycles. The summed E-state index contributed by atoms with van der Waals surface area (Å²) in [5.41, 5.74) is 24.9. The highest BCUT2D eigenvalue weighted by molar-refractivity contribution is 5.99. The number of carbonyl (C=O) groups excluding carboxylic acids is 10. The van der Waals surface area contributed by atoms with Crippen molar-refractivity contribution >= 4 is 75.9 Å². The van der Waals surface area contributed by atoms with Crippen LogP contribution >= 0.6 is 0 Å². The Morgan fingerprint density at radius 1 is 0.552 bits per heavy atom. The smallest absolute Gasteiger partial charge is 0.305 e. The number of nitrogens with zero attached hydrogens (tertiary/aromatic N) is 1. The highest BCUT2D eigenvalue weighted by Crippen LogP contribution is 2.20. The van der Waals surface area contributed by atoms with E-state index in [4.69, 9.17) is 22.9 Å². The second-order valence-corrected chi connectivity index (χ2v) is 21.6. The zero-order valence-corrected chi connectivity index (χ0v) is 49.4. The number of aromatic nitrogens is 3. The largest absolute Gasteiger partial charge is 0.508 e. The van der Waals surface area contributed by atoms with Crippen LogP contribution in [-0.4, -0.2) is 165 Å². The molecular formula is C58H86N16O13. The Morgan fingerprint density at radius 2 is 1.05 bits per heavy atom. The third kappa shape index (κ3) is 24.9. The molecule has 8 atom stereocenters. The highest BCUT2D eigenvalue weighted by Gasteiger charge is 2.35. The average molecular weight is 1220 g/mol. The van der Waals surface area contributed by atoms with Gasteiger partial charge in [0, 0.05) is 49.5 Å². The number of benzene rings is 2. The van der Waals surface area contributed by atoms with Gasteiger partial charge in [-0.1, -0.05) is 44.2 Å². The molecule has 2 aromatic heterocycles. The molecule has 0 spiro atoms. The van der Waals surface area contributed by atoms with Crippen LogP contribution < -0.4 is 70.8 Å². The summed E-state index contributed by atoms with van der Waals surface area (Å²) in [6.45, 7) is 4.92. The fourth-order valence-corrected chi connectivity index (χ4v) is 9.43. The number of carboxylic acid groups (broad SMARTS) is 1. The van der Waals surface area contributed by atoms with E-state index in [0.29, 0.717) is 72.8 Å². The SMILES string of the molecule is CC(=O)N[C@@H](CCCCN)C(=O)N[C@@H](CCCCN)C(=O)N[C@@H](Cc1ccc(O)cc1)C(=O)N[C@@H](CC(C)C)C(=O)N[C@@H](Cc1c[nH]c2ccccc12)C(=O)N[C@@H](CCCCN)C(=O)NCC(=O)N[C@@H](CC(=O)O)C(=O)N[C@@H](Cc1c[nH]cn1)C(N)=O. The molecule has 476 valence electrons. The van der Waals surface area contributed by atoms with Crippen molar-refractivity contribution in [3.8, 4) is 5.75 Å². The molecule has 10 amide bonds. The summed E-state index contributed by atoms with van der Waals surface area (Å²) >= 11 is 0. The Hall–Kier alpha value is -8.96. The monoisotopic (exact) mass is 1210 g/mol. The second kappa shape index (κ2) is 36.8. The first-order valence-electron chi connectivity index (χ1n) is 29.1. The van der Waals surface area contributed by atoms with Gasteiger partial charge < -0.3 is 91.0 Å². The number of H-pyrrole nitrogens is 2. The molecule has 87 heavy (non-hydrogen) atoms. The number of carboxylic acids is 1. The van der Waals surface area contributed by atoms with Crippen molar-refractivity contribution in [2.75, 3.05) is 26.2 Å². The van der Waals surface area contributed by atoms with Crippen LogP contribution in [-0.2, 0) is 72.0 Å². The minimum absolute atomic E-state index is 0.0128. The minimum atomic E-state index is -1.73. The van der Waals surface area contributed by atoms with Crippen LogP contribution in [0.5, 0.6) is 5.75 Å². The Kier molecular flexibility index (Phi) is 29.8. The van der Waals surface area contributed by atoms with Gasteiger partial charge in [-0.3, -0.25) is 52.7 Å². The number of phenols is 1. The van der Waals surface area contributed by atoms with Gasteiger partial charge in [-0.25, -0.2) is 4.98 Å². The standard InChI is InChI=1S/C58H86N16O13/c1-33(2)24-45(72-56(85)46(25-35-17-19-38(76)20-18-35)73-54(83)43(16-8-11-23-61)70-53(82)42(67-34(3)75)15-7-10-22-60)55(84)74-47(26-36-29-64-40-13-5-4-12-39(36)40)57(86)69-41(14-6-9-21-59)52(81)65-31-49(77)68-48(28-50(78)79)58(87)71-44(51(62)80)27-37-30-63-32-66-37/h4-5,12-13,17-20,29-30,32-33,41-48,64,76H,6-11,14-16,21-28,31,59-61H2,1-3H3,(H2,62,80)(H,63,66)(H,65,81)(H,67,75)(H,68,77)(H,69,86)(H,70,82)(H,71,87)(H,72,85)(H,73,83)(H,74,84)(H,78,79)/t41-,42-,43-,44-,45-,46-,47-,48-/m0/s1. The summed E-state index contributed by atoms with van der Waals surface area (Å²) in [7, 11) is 0. The lowest BCUT2D eigenvalue weighted by Gasteiger charge is -2.28. The van der Waals surface area contributed by atoms with E-state index in [-0.39, 0.29) is 69.7 Å². The number of imidazole rings is 1. The number of phenolic OH excluding ortho intramolecular Hbond substituents is 1. The Balaban J connectivity index is 1.62. The summed E-state index contributed by atoms with van der Waals surface area (Å²) in [5, 5.41) is 43.8. The number of aromatic hydroxyl groups is 1. The molecule has 4 aromatic rings. The molecule has 0 unspecified atom stereocenters. The maximum absolute atomic E-state index is 14.8. The second-order valence-electron chi connectivity index (χ2n) is 21.6. The number of primary amides is 1. The number of nitrogens with one attached hydrogen (secondary N) is 11. The average Bonchev–Trinajstić information content (AvgIpc) is 3.06. The molecule has 2 aromatic carbocycles.